The molecule has 0 aromatic heterocycles. The van der Waals surface area contributed by atoms with Gasteiger partial charge >= 0.3 is 5.97 Å². The first kappa shape index (κ1) is 18.7. The van der Waals surface area contributed by atoms with E-state index in [0.29, 0.717) is 17.1 Å². The van der Waals surface area contributed by atoms with Gasteiger partial charge in [-0.05, 0) is 57.9 Å². The second-order valence-corrected chi connectivity index (χ2v) is 6.46. The molecule has 124 valence electrons. The molecule has 0 radical (unpaired) electrons. The predicted molar refractivity (Wildman–Crippen MR) is 98.6 cm³/mol. The molecule has 0 saturated carbocycles. The Labute approximate surface area is 161 Å². The van der Waals surface area contributed by atoms with Crippen LogP contribution in [0.3, 0.4) is 0 Å². The average Bonchev–Trinajstić information content (AvgIpc) is 2.60. The summed E-state index contributed by atoms with van der Waals surface area (Å²) in [6, 6.07) is 15.3. The Morgan fingerprint density at radius 1 is 1.08 bits per heavy atom. The summed E-state index contributed by atoms with van der Waals surface area (Å²) < 4.78 is 12.2. The molecule has 5 nitrogen and oxygen atoms in total. The van der Waals surface area contributed by atoms with E-state index in [1.807, 2.05) is 6.07 Å². The molecule has 7 heteroatoms. The van der Waals surface area contributed by atoms with Crippen molar-refractivity contribution in [3.8, 4) is 23.6 Å². The highest BCUT2D eigenvalue weighted by molar-refractivity contribution is 9.11. The SMILES string of the molecule is N#CC(C#N)=Cc1ccc(OC(=O)COc2ccc(Br)cc2Br)cc1. The van der Waals surface area contributed by atoms with Crippen LogP contribution in [0.1, 0.15) is 5.56 Å². The van der Waals surface area contributed by atoms with E-state index in [1.54, 1.807) is 48.5 Å². The van der Waals surface area contributed by atoms with Crippen LogP contribution < -0.4 is 9.47 Å². The quantitative estimate of drug-likeness (QED) is 0.368. The maximum atomic E-state index is 11.8. The van der Waals surface area contributed by atoms with Gasteiger partial charge < -0.3 is 9.47 Å². The fourth-order valence-electron chi connectivity index (χ4n) is 1.78. The normalized spacial score (nSPS) is 9.44. The van der Waals surface area contributed by atoms with Crippen LogP contribution in [0.25, 0.3) is 6.08 Å². The molecule has 0 saturated heterocycles. The summed E-state index contributed by atoms with van der Waals surface area (Å²) in [5.41, 5.74) is 0.658. The molecule has 0 aliphatic rings. The van der Waals surface area contributed by atoms with Gasteiger partial charge in [0.1, 0.15) is 29.2 Å². The molecule has 2 aromatic rings. The fourth-order valence-corrected chi connectivity index (χ4v) is 2.94. The number of ether oxygens (including phenoxy) is 2. The Morgan fingerprint density at radius 3 is 2.36 bits per heavy atom. The van der Waals surface area contributed by atoms with Gasteiger partial charge in [0.15, 0.2) is 6.61 Å². The average molecular weight is 462 g/mol. The standard InChI is InChI=1S/C18H10Br2N2O3/c19-14-3-6-17(16(20)8-14)24-11-18(23)25-15-4-1-12(2-5-15)7-13(9-21)10-22/h1-8H,11H2. The summed E-state index contributed by atoms with van der Waals surface area (Å²) >= 11 is 6.68. The van der Waals surface area contributed by atoms with Gasteiger partial charge in [-0.2, -0.15) is 10.5 Å². The molecule has 0 atom stereocenters. The smallest absolute Gasteiger partial charge is 0.349 e. The van der Waals surface area contributed by atoms with Crippen LogP contribution in [-0.2, 0) is 4.79 Å². The van der Waals surface area contributed by atoms with Crippen molar-refractivity contribution in [2.45, 2.75) is 0 Å². The van der Waals surface area contributed by atoms with Crippen LogP contribution in [0.15, 0.2) is 57.0 Å². The lowest BCUT2D eigenvalue weighted by Crippen LogP contribution is -2.17. The number of benzene rings is 2. The lowest BCUT2D eigenvalue weighted by molar-refractivity contribution is -0.136. The summed E-state index contributed by atoms with van der Waals surface area (Å²) in [5.74, 6) is 0.324. The number of hydrogen-bond acceptors (Lipinski definition) is 5. The van der Waals surface area contributed by atoms with Crippen molar-refractivity contribution >= 4 is 43.9 Å². The Kier molecular flexibility index (Phi) is 6.76. The number of allylic oxidation sites excluding steroid dienone is 1. The van der Waals surface area contributed by atoms with Crippen LogP contribution in [0, 0.1) is 22.7 Å². The van der Waals surface area contributed by atoms with E-state index in [2.05, 4.69) is 31.9 Å². The van der Waals surface area contributed by atoms with Gasteiger partial charge in [-0.15, -0.1) is 0 Å². The maximum Gasteiger partial charge on any atom is 0.349 e. The molecule has 0 spiro atoms. The summed E-state index contributed by atoms with van der Waals surface area (Å²) in [4.78, 5) is 11.8. The summed E-state index contributed by atoms with van der Waals surface area (Å²) in [5, 5.41) is 17.4. The van der Waals surface area contributed by atoms with Gasteiger partial charge in [0, 0.05) is 4.47 Å². The predicted octanol–water partition coefficient (Wildman–Crippen LogP) is 4.63. The van der Waals surface area contributed by atoms with Gasteiger partial charge in [-0.3, -0.25) is 0 Å². The van der Waals surface area contributed by atoms with Crippen LogP contribution in [0.5, 0.6) is 11.5 Å². The molecule has 0 unspecified atom stereocenters. The number of carbonyl (C=O) groups excluding carboxylic acids is 1. The second-order valence-electron chi connectivity index (χ2n) is 4.69. The van der Waals surface area contributed by atoms with Crippen molar-refractivity contribution in [1.82, 2.24) is 0 Å². The minimum atomic E-state index is -0.548. The number of halogens is 2. The van der Waals surface area contributed by atoms with E-state index in [1.165, 1.54) is 6.08 Å². The lowest BCUT2D eigenvalue weighted by atomic mass is 10.1. The van der Waals surface area contributed by atoms with Gasteiger partial charge in [0.25, 0.3) is 0 Å². The zero-order valence-electron chi connectivity index (χ0n) is 12.7. The third-order valence-electron chi connectivity index (χ3n) is 2.90. The molecular weight excluding hydrogens is 452 g/mol. The Balaban J connectivity index is 1.94. The fraction of sp³-hybridized carbons (Fsp3) is 0.0556. The van der Waals surface area contributed by atoms with E-state index >= 15 is 0 Å². The highest BCUT2D eigenvalue weighted by Crippen LogP contribution is 2.28. The molecular formula is C18H10Br2N2O3. The first-order valence-electron chi connectivity index (χ1n) is 6.92. The van der Waals surface area contributed by atoms with Crippen molar-refractivity contribution in [2.24, 2.45) is 0 Å². The molecule has 2 rings (SSSR count). The molecule has 0 amide bonds. The van der Waals surface area contributed by atoms with Crippen molar-refractivity contribution in [1.29, 1.82) is 10.5 Å². The number of hydrogen-bond donors (Lipinski definition) is 0. The molecule has 2 aromatic carbocycles. The Bertz CT molecular complexity index is 878. The highest BCUT2D eigenvalue weighted by atomic mass is 79.9. The minimum Gasteiger partial charge on any atom is -0.481 e. The van der Waals surface area contributed by atoms with Crippen molar-refractivity contribution in [2.75, 3.05) is 6.61 Å². The summed E-state index contributed by atoms with van der Waals surface area (Å²) in [6.07, 6.45) is 1.44. The zero-order valence-corrected chi connectivity index (χ0v) is 15.9. The summed E-state index contributed by atoms with van der Waals surface area (Å²) in [7, 11) is 0. The zero-order chi connectivity index (χ0) is 18.2. The Morgan fingerprint density at radius 2 is 1.76 bits per heavy atom. The first-order chi connectivity index (χ1) is 12.0. The molecule has 0 aliphatic heterocycles. The van der Waals surface area contributed by atoms with Crippen LogP contribution in [-0.4, -0.2) is 12.6 Å². The van der Waals surface area contributed by atoms with Crippen molar-refractivity contribution < 1.29 is 14.3 Å². The van der Waals surface area contributed by atoms with E-state index in [-0.39, 0.29) is 12.2 Å². The third-order valence-corrected chi connectivity index (χ3v) is 4.02. The van der Waals surface area contributed by atoms with E-state index in [0.717, 1.165) is 8.95 Å². The number of carbonyl (C=O) groups is 1. The van der Waals surface area contributed by atoms with Crippen molar-refractivity contribution in [3.05, 3.63) is 62.5 Å². The number of esters is 1. The second kappa shape index (κ2) is 9.03. The lowest BCUT2D eigenvalue weighted by Gasteiger charge is -2.08. The van der Waals surface area contributed by atoms with Crippen LogP contribution in [0.2, 0.25) is 0 Å². The van der Waals surface area contributed by atoms with E-state index < -0.39 is 5.97 Å². The molecule has 0 fully saturated rings. The maximum absolute atomic E-state index is 11.8. The topological polar surface area (TPSA) is 83.1 Å². The van der Waals surface area contributed by atoms with Gasteiger partial charge in [0.2, 0.25) is 0 Å². The van der Waals surface area contributed by atoms with Gasteiger partial charge in [-0.25, -0.2) is 4.79 Å². The largest absolute Gasteiger partial charge is 0.481 e. The van der Waals surface area contributed by atoms with Crippen LogP contribution >= 0.6 is 31.9 Å². The van der Waals surface area contributed by atoms with Crippen LogP contribution in [0.4, 0.5) is 0 Å². The third kappa shape index (κ3) is 5.75. The summed E-state index contributed by atoms with van der Waals surface area (Å²) in [6.45, 7) is -0.241. The van der Waals surface area contributed by atoms with E-state index in [4.69, 9.17) is 20.0 Å². The van der Waals surface area contributed by atoms with Gasteiger partial charge in [-0.1, -0.05) is 28.1 Å². The molecule has 0 heterocycles. The number of nitriles is 2. The monoisotopic (exact) mass is 460 g/mol. The minimum absolute atomic E-state index is 0.00165. The first-order valence-corrected chi connectivity index (χ1v) is 8.51. The molecule has 0 N–H and O–H groups in total. The molecule has 25 heavy (non-hydrogen) atoms. The van der Waals surface area contributed by atoms with Gasteiger partial charge in [0.05, 0.1) is 4.47 Å². The number of rotatable bonds is 5. The molecule has 0 aliphatic carbocycles. The van der Waals surface area contributed by atoms with E-state index in [9.17, 15) is 4.79 Å². The molecule has 0 bridgehead atoms. The Hall–Kier alpha value is -2.61. The van der Waals surface area contributed by atoms with Crippen molar-refractivity contribution in [3.63, 3.8) is 0 Å². The highest BCUT2D eigenvalue weighted by Gasteiger charge is 2.08. The number of nitrogens with zero attached hydrogens (tertiary/aromatic N) is 2.